The van der Waals surface area contributed by atoms with Crippen molar-refractivity contribution in [3.05, 3.63) is 69.5 Å². The number of aryl methyl sites for hydroxylation is 1. The molecule has 2 aromatic rings. The predicted octanol–water partition coefficient (Wildman–Crippen LogP) is 3.94. The lowest BCUT2D eigenvalue weighted by Gasteiger charge is -2.06. The Bertz CT molecular complexity index is 699. The molecule has 0 spiro atoms. The average Bonchev–Trinajstić information content (AvgIpc) is 2.49. The smallest absolute Gasteiger partial charge is 0.305 e. The van der Waals surface area contributed by atoms with Crippen LogP contribution in [0.5, 0.6) is 0 Å². The molecule has 0 aliphatic rings. The SMILES string of the molecule is CCCc1ccc(NC(=O)c2ccc(F)c([N+](=O)[O-])c2)cc1. The highest BCUT2D eigenvalue weighted by molar-refractivity contribution is 6.04. The lowest BCUT2D eigenvalue weighted by molar-refractivity contribution is -0.387. The maximum atomic E-state index is 13.3. The van der Waals surface area contributed by atoms with Gasteiger partial charge in [-0.2, -0.15) is 4.39 Å². The van der Waals surface area contributed by atoms with E-state index in [1.54, 1.807) is 12.1 Å². The van der Waals surface area contributed by atoms with E-state index in [9.17, 15) is 19.3 Å². The van der Waals surface area contributed by atoms with Crippen LogP contribution in [0.15, 0.2) is 42.5 Å². The van der Waals surface area contributed by atoms with E-state index in [1.807, 2.05) is 12.1 Å². The van der Waals surface area contributed by atoms with Crippen molar-refractivity contribution in [3.63, 3.8) is 0 Å². The third-order valence-electron chi connectivity index (χ3n) is 3.16. The number of halogens is 1. The number of nitro benzene ring substituents is 1. The zero-order chi connectivity index (χ0) is 16.1. The van der Waals surface area contributed by atoms with Gasteiger partial charge < -0.3 is 5.32 Å². The number of rotatable bonds is 5. The van der Waals surface area contributed by atoms with Crippen molar-refractivity contribution in [1.29, 1.82) is 0 Å². The number of nitrogens with zero attached hydrogens (tertiary/aromatic N) is 1. The fraction of sp³-hybridized carbons (Fsp3) is 0.188. The number of benzene rings is 2. The molecule has 2 aromatic carbocycles. The molecule has 1 N–H and O–H groups in total. The number of nitro groups is 1. The van der Waals surface area contributed by atoms with Gasteiger partial charge in [-0.05, 0) is 36.2 Å². The molecule has 1 amide bonds. The minimum Gasteiger partial charge on any atom is -0.322 e. The van der Waals surface area contributed by atoms with Gasteiger partial charge in [0.15, 0.2) is 0 Å². The van der Waals surface area contributed by atoms with Crippen LogP contribution in [0.25, 0.3) is 0 Å². The minimum absolute atomic E-state index is 0.0331. The van der Waals surface area contributed by atoms with Gasteiger partial charge in [-0.25, -0.2) is 0 Å². The van der Waals surface area contributed by atoms with Crippen LogP contribution >= 0.6 is 0 Å². The summed E-state index contributed by atoms with van der Waals surface area (Å²) in [6.07, 6.45) is 1.99. The number of hydrogen-bond donors (Lipinski definition) is 1. The molecule has 0 unspecified atom stereocenters. The predicted molar refractivity (Wildman–Crippen MR) is 81.4 cm³/mol. The second-order valence-electron chi connectivity index (χ2n) is 4.82. The van der Waals surface area contributed by atoms with Crippen LogP contribution in [0.1, 0.15) is 29.3 Å². The van der Waals surface area contributed by atoms with E-state index in [2.05, 4.69) is 12.2 Å². The average molecular weight is 302 g/mol. The Balaban J connectivity index is 2.15. The van der Waals surface area contributed by atoms with Crippen LogP contribution in [-0.2, 0) is 6.42 Å². The molecular formula is C16H15FN2O3. The molecule has 5 nitrogen and oxygen atoms in total. The highest BCUT2D eigenvalue weighted by atomic mass is 19.1. The standard InChI is InChI=1S/C16H15FN2O3/c1-2-3-11-4-7-13(8-5-11)18-16(20)12-6-9-14(17)15(10-12)19(21)22/h4-10H,2-3H2,1H3,(H,18,20). The molecule has 0 aliphatic heterocycles. The van der Waals surface area contributed by atoms with Crippen molar-refractivity contribution in [2.24, 2.45) is 0 Å². The first-order valence-corrected chi connectivity index (χ1v) is 6.85. The fourth-order valence-corrected chi connectivity index (χ4v) is 2.04. The normalized spacial score (nSPS) is 10.3. The summed E-state index contributed by atoms with van der Waals surface area (Å²) in [6.45, 7) is 2.08. The summed E-state index contributed by atoms with van der Waals surface area (Å²) in [7, 11) is 0. The zero-order valence-electron chi connectivity index (χ0n) is 12.0. The zero-order valence-corrected chi connectivity index (χ0v) is 12.0. The maximum absolute atomic E-state index is 13.3. The number of carbonyl (C=O) groups excluding carboxylic acids is 1. The monoisotopic (exact) mass is 302 g/mol. The van der Waals surface area contributed by atoms with Crippen molar-refractivity contribution < 1.29 is 14.1 Å². The largest absolute Gasteiger partial charge is 0.322 e. The Kier molecular flexibility index (Phi) is 4.83. The molecular weight excluding hydrogens is 287 g/mol. The van der Waals surface area contributed by atoms with Gasteiger partial charge in [-0.1, -0.05) is 25.5 Å². The molecule has 0 aliphatic carbocycles. The first-order chi connectivity index (χ1) is 10.5. The Morgan fingerprint density at radius 2 is 1.91 bits per heavy atom. The molecule has 0 bridgehead atoms. The quantitative estimate of drug-likeness (QED) is 0.671. The number of hydrogen-bond acceptors (Lipinski definition) is 3. The molecule has 22 heavy (non-hydrogen) atoms. The maximum Gasteiger partial charge on any atom is 0.305 e. The fourth-order valence-electron chi connectivity index (χ4n) is 2.04. The summed E-state index contributed by atoms with van der Waals surface area (Å²) in [5.74, 6) is -1.49. The van der Waals surface area contributed by atoms with E-state index >= 15 is 0 Å². The lowest BCUT2D eigenvalue weighted by atomic mass is 10.1. The summed E-state index contributed by atoms with van der Waals surface area (Å²) in [6, 6.07) is 10.4. The molecule has 0 atom stereocenters. The van der Waals surface area contributed by atoms with Crippen molar-refractivity contribution in [2.75, 3.05) is 5.32 Å². The van der Waals surface area contributed by atoms with E-state index in [0.717, 1.165) is 30.5 Å². The number of anilines is 1. The molecule has 0 heterocycles. The van der Waals surface area contributed by atoms with Gasteiger partial charge in [0.05, 0.1) is 4.92 Å². The molecule has 114 valence electrons. The highest BCUT2D eigenvalue weighted by Crippen LogP contribution is 2.19. The molecule has 0 fully saturated rings. The minimum atomic E-state index is -0.967. The van der Waals surface area contributed by atoms with E-state index in [1.165, 1.54) is 6.07 Å². The number of nitrogens with one attached hydrogen (secondary N) is 1. The van der Waals surface area contributed by atoms with Gasteiger partial charge in [0.1, 0.15) is 0 Å². The summed E-state index contributed by atoms with van der Waals surface area (Å²) in [5, 5.41) is 13.3. The van der Waals surface area contributed by atoms with Crippen molar-refractivity contribution >= 4 is 17.3 Å². The van der Waals surface area contributed by atoms with Crippen LogP contribution in [-0.4, -0.2) is 10.8 Å². The number of amides is 1. The Morgan fingerprint density at radius 1 is 1.23 bits per heavy atom. The topological polar surface area (TPSA) is 72.2 Å². The molecule has 0 saturated heterocycles. The first kappa shape index (κ1) is 15.6. The van der Waals surface area contributed by atoms with Gasteiger partial charge >= 0.3 is 5.69 Å². The van der Waals surface area contributed by atoms with Crippen molar-refractivity contribution in [2.45, 2.75) is 19.8 Å². The third kappa shape index (κ3) is 3.66. The van der Waals surface area contributed by atoms with Crippen LogP contribution in [0.3, 0.4) is 0 Å². The first-order valence-electron chi connectivity index (χ1n) is 6.85. The highest BCUT2D eigenvalue weighted by Gasteiger charge is 2.17. The molecule has 6 heteroatoms. The molecule has 0 radical (unpaired) electrons. The van der Waals surface area contributed by atoms with Gasteiger partial charge in [0, 0.05) is 17.3 Å². The Hall–Kier alpha value is -2.76. The van der Waals surface area contributed by atoms with Crippen molar-refractivity contribution in [1.82, 2.24) is 0 Å². The van der Waals surface area contributed by atoms with E-state index in [0.29, 0.717) is 5.69 Å². The van der Waals surface area contributed by atoms with Crippen LogP contribution in [0, 0.1) is 15.9 Å². The van der Waals surface area contributed by atoms with Crippen LogP contribution in [0.4, 0.5) is 15.8 Å². The van der Waals surface area contributed by atoms with Gasteiger partial charge in [0.25, 0.3) is 5.91 Å². The van der Waals surface area contributed by atoms with Gasteiger partial charge in [-0.15, -0.1) is 0 Å². The summed E-state index contributed by atoms with van der Waals surface area (Å²) >= 11 is 0. The van der Waals surface area contributed by atoms with Crippen LogP contribution < -0.4 is 5.32 Å². The number of carbonyl (C=O) groups is 1. The summed E-state index contributed by atoms with van der Waals surface area (Å²) in [5.41, 5.74) is 1.06. The Labute approximate surface area is 126 Å². The summed E-state index contributed by atoms with van der Waals surface area (Å²) < 4.78 is 13.3. The molecule has 0 aromatic heterocycles. The van der Waals surface area contributed by atoms with Crippen molar-refractivity contribution in [3.8, 4) is 0 Å². The molecule has 2 rings (SSSR count). The second-order valence-corrected chi connectivity index (χ2v) is 4.82. The van der Waals surface area contributed by atoms with Gasteiger partial charge in [0.2, 0.25) is 5.82 Å². The lowest BCUT2D eigenvalue weighted by Crippen LogP contribution is -2.12. The van der Waals surface area contributed by atoms with Crippen LogP contribution in [0.2, 0.25) is 0 Å². The van der Waals surface area contributed by atoms with Gasteiger partial charge in [-0.3, -0.25) is 14.9 Å². The van der Waals surface area contributed by atoms with E-state index < -0.39 is 22.3 Å². The van der Waals surface area contributed by atoms with E-state index in [4.69, 9.17) is 0 Å². The second kappa shape index (κ2) is 6.80. The molecule has 0 saturated carbocycles. The van der Waals surface area contributed by atoms with E-state index in [-0.39, 0.29) is 5.56 Å². The summed E-state index contributed by atoms with van der Waals surface area (Å²) in [4.78, 5) is 21.9. The third-order valence-corrected chi connectivity index (χ3v) is 3.16. The Morgan fingerprint density at radius 3 is 2.50 bits per heavy atom.